The SMILES string of the molecule is CCCCCCCC(=O)OCC(=O)c1ccc(Br)cc1. The molecule has 0 radical (unpaired) electrons. The Hall–Kier alpha value is -1.16. The van der Waals surface area contributed by atoms with Gasteiger partial charge in [0.15, 0.2) is 12.4 Å². The quantitative estimate of drug-likeness (QED) is 0.376. The van der Waals surface area contributed by atoms with Crippen molar-refractivity contribution in [3.8, 4) is 0 Å². The summed E-state index contributed by atoms with van der Waals surface area (Å²) in [5.41, 5.74) is 0.559. The van der Waals surface area contributed by atoms with Crippen LogP contribution in [0.3, 0.4) is 0 Å². The number of esters is 1. The Morgan fingerprint density at radius 3 is 2.35 bits per heavy atom. The highest BCUT2D eigenvalue weighted by atomic mass is 79.9. The molecule has 0 aliphatic carbocycles. The van der Waals surface area contributed by atoms with E-state index in [2.05, 4.69) is 22.9 Å². The molecule has 0 aromatic heterocycles. The maximum Gasteiger partial charge on any atom is 0.306 e. The molecular formula is C16H21BrO3. The second kappa shape index (κ2) is 9.70. The third-order valence-electron chi connectivity index (χ3n) is 3.01. The summed E-state index contributed by atoms with van der Waals surface area (Å²) in [6.45, 7) is 1.98. The van der Waals surface area contributed by atoms with Crippen LogP contribution in [0.15, 0.2) is 28.7 Å². The zero-order valence-corrected chi connectivity index (χ0v) is 13.4. The molecule has 1 rings (SSSR count). The number of unbranched alkanes of at least 4 members (excludes halogenated alkanes) is 4. The predicted octanol–water partition coefficient (Wildman–Crippen LogP) is 4.54. The Labute approximate surface area is 128 Å². The molecule has 0 aliphatic rings. The molecule has 1 aromatic carbocycles. The molecule has 0 unspecified atom stereocenters. The number of ketones is 1. The zero-order valence-electron chi connectivity index (χ0n) is 11.9. The minimum atomic E-state index is -0.285. The van der Waals surface area contributed by atoms with Gasteiger partial charge < -0.3 is 4.74 Å². The van der Waals surface area contributed by atoms with Crippen LogP contribution in [0.25, 0.3) is 0 Å². The van der Waals surface area contributed by atoms with Crippen LogP contribution in [0.5, 0.6) is 0 Å². The van der Waals surface area contributed by atoms with E-state index in [0.29, 0.717) is 12.0 Å². The maximum atomic E-state index is 11.8. The van der Waals surface area contributed by atoms with Crippen LogP contribution in [-0.4, -0.2) is 18.4 Å². The Morgan fingerprint density at radius 2 is 1.70 bits per heavy atom. The van der Waals surface area contributed by atoms with E-state index in [1.165, 1.54) is 12.8 Å². The number of Topliss-reactive ketones (excluding diaryl/α,β-unsaturated/α-hetero) is 1. The maximum absolute atomic E-state index is 11.8. The van der Waals surface area contributed by atoms with Gasteiger partial charge in [-0.15, -0.1) is 0 Å². The molecule has 0 amide bonds. The minimum absolute atomic E-state index is 0.170. The molecule has 0 atom stereocenters. The molecule has 4 heteroatoms. The summed E-state index contributed by atoms with van der Waals surface area (Å²) >= 11 is 3.31. The van der Waals surface area contributed by atoms with Gasteiger partial charge >= 0.3 is 5.97 Å². The van der Waals surface area contributed by atoms with Crippen molar-refractivity contribution in [1.29, 1.82) is 0 Å². The summed E-state index contributed by atoms with van der Waals surface area (Å²) in [7, 11) is 0. The Morgan fingerprint density at radius 1 is 1.05 bits per heavy atom. The summed E-state index contributed by atoms with van der Waals surface area (Å²) in [5, 5.41) is 0. The zero-order chi connectivity index (χ0) is 14.8. The Balaban J connectivity index is 2.20. The minimum Gasteiger partial charge on any atom is -0.457 e. The van der Waals surface area contributed by atoms with Gasteiger partial charge in [-0.1, -0.05) is 60.7 Å². The Bertz CT molecular complexity index is 426. The average Bonchev–Trinajstić information content (AvgIpc) is 2.45. The first-order valence-corrected chi connectivity index (χ1v) is 7.87. The Kier molecular flexibility index (Phi) is 8.19. The van der Waals surface area contributed by atoms with E-state index in [1.807, 2.05) is 0 Å². The molecule has 0 N–H and O–H groups in total. The highest BCUT2D eigenvalue weighted by molar-refractivity contribution is 9.10. The van der Waals surface area contributed by atoms with Gasteiger partial charge in [0, 0.05) is 16.5 Å². The van der Waals surface area contributed by atoms with Gasteiger partial charge in [0.25, 0.3) is 0 Å². The van der Waals surface area contributed by atoms with E-state index in [1.54, 1.807) is 24.3 Å². The summed E-state index contributed by atoms with van der Waals surface area (Å²) in [5.74, 6) is -0.455. The fraction of sp³-hybridized carbons (Fsp3) is 0.500. The molecule has 0 bridgehead atoms. The first-order valence-electron chi connectivity index (χ1n) is 7.08. The summed E-state index contributed by atoms with van der Waals surface area (Å²) in [6, 6.07) is 7.02. The fourth-order valence-corrected chi connectivity index (χ4v) is 2.07. The lowest BCUT2D eigenvalue weighted by Gasteiger charge is -2.04. The number of benzene rings is 1. The monoisotopic (exact) mass is 340 g/mol. The number of halogens is 1. The normalized spacial score (nSPS) is 10.3. The molecule has 20 heavy (non-hydrogen) atoms. The van der Waals surface area contributed by atoms with Gasteiger partial charge in [-0.05, 0) is 18.6 Å². The second-order valence-electron chi connectivity index (χ2n) is 4.75. The van der Waals surface area contributed by atoms with Crippen molar-refractivity contribution >= 4 is 27.7 Å². The molecule has 0 saturated carbocycles. The van der Waals surface area contributed by atoms with Gasteiger partial charge in [-0.3, -0.25) is 9.59 Å². The third-order valence-corrected chi connectivity index (χ3v) is 3.54. The standard InChI is InChI=1S/C16H21BrO3/c1-2-3-4-5-6-7-16(19)20-12-15(18)13-8-10-14(17)11-9-13/h8-11H,2-7,12H2,1H3. The number of hydrogen-bond donors (Lipinski definition) is 0. The smallest absolute Gasteiger partial charge is 0.306 e. The predicted molar refractivity (Wildman–Crippen MR) is 82.8 cm³/mol. The van der Waals surface area contributed by atoms with Crippen LogP contribution < -0.4 is 0 Å². The van der Waals surface area contributed by atoms with Crippen molar-refractivity contribution in [2.75, 3.05) is 6.61 Å². The van der Waals surface area contributed by atoms with Crippen LogP contribution in [0, 0.1) is 0 Å². The lowest BCUT2D eigenvalue weighted by molar-refractivity contribution is -0.142. The molecule has 0 spiro atoms. The van der Waals surface area contributed by atoms with E-state index in [-0.39, 0.29) is 18.4 Å². The largest absolute Gasteiger partial charge is 0.457 e. The molecule has 110 valence electrons. The van der Waals surface area contributed by atoms with Gasteiger partial charge in [0.05, 0.1) is 0 Å². The summed E-state index contributed by atoms with van der Waals surface area (Å²) in [6.07, 6.45) is 5.83. The number of hydrogen-bond acceptors (Lipinski definition) is 3. The number of ether oxygens (including phenoxy) is 1. The van der Waals surface area contributed by atoms with E-state index in [0.717, 1.165) is 23.7 Å². The van der Waals surface area contributed by atoms with Crippen LogP contribution in [0.1, 0.15) is 55.8 Å². The van der Waals surface area contributed by atoms with Crippen LogP contribution in [-0.2, 0) is 9.53 Å². The second-order valence-corrected chi connectivity index (χ2v) is 5.67. The van der Waals surface area contributed by atoms with E-state index >= 15 is 0 Å². The van der Waals surface area contributed by atoms with Crippen molar-refractivity contribution in [2.45, 2.75) is 45.4 Å². The highest BCUT2D eigenvalue weighted by Gasteiger charge is 2.09. The van der Waals surface area contributed by atoms with Gasteiger partial charge in [-0.25, -0.2) is 0 Å². The number of rotatable bonds is 9. The van der Waals surface area contributed by atoms with Crippen LogP contribution >= 0.6 is 15.9 Å². The van der Waals surface area contributed by atoms with Crippen LogP contribution in [0.4, 0.5) is 0 Å². The van der Waals surface area contributed by atoms with Crippen molar-refractivity contribution in [3.63, 3.8) is 0 Å². The van der Waals surface area contributed by atoms with Gasteiger partial charge in [-0.2, -0.15) is 0 Å². The van der Waals surface area contributed by atoms with E-state index < -0.39 is 0 Å². The highest BCUT2D eigenvalue weighted by Crippen LogP contribution is 2.11. The molecular weight excluding hydrogens is 320 g/mol. The summed E-state index contributed by atoms with van der Waals surface area (Å²) in [4.78, 5) is 23.3. The molecule has 0 saturated heterocycles. The first-order chi connectivity index (χ1) is 9.63. The van der Waals surface area contributed by atoms with Crippen molar-refractivity contribution in [1.82, 2.24) is 0 Å². The lowest BCUT2D eigenvalue weighted by Crippen LogP contribution is -2.13. The van der Waals surface area contributed by atoms with Crippen molar-refractivity contribution in [2.24, 2.45) is 0 Å². The third kappa shape index (κ3) is 6.85. The fourth-order valence-electron chi connectivity index (χ4n) is 1.81. The first kappa shape index (κ1) is 16.9. The van der Waals surface area contributed by atoms with Crippen LogP contribution in [0.2, 0.25) is 0 Å². The number of carbonyl (C=O) groups is 2. The molecule has 0 aliphatic heterocycles. The van der Waals surface area contributed by atoms with E-state index in [4.69, 9.17) is 4.74 Å². The molecule has 0 fully saturated rings. The van der Waals surface area contributed by atoms with Gasteiger partial charge in [0.2, 0.25) is 0 Å². The lowest BCUT2D eigenvalue weighted by atomic mass is 10.1. The van der Waals surface area contributed by atoms with E-state index in [9.17, 15) is 9.59 Å². The molecule has 0 heterocycles. The number of carbonyl (C=O) groups excluding carboxylic acids is 2. The van der Waals surface area contributed by atoms with Crippen molar-refractivity contribution < 1.29 is 14.3 Å². The molecule has 1 aromatic rings. The van der Waals surface area contributed by atoms with Gasteiger partial charge in [0.1, 0.15) is 0 Å². The summed E-state index contributed by atoms with van der Waals surface area (Å²) < 4.78 is 5.91. The van der Waals surface area contributed by atoms with Crippen molar-refractivity contribution in [3.05, 3.63) is 34.3 Å². The topological polar surface area (TPSA) is 43.4 Å². The average molecular weight is 341 g/mol. The molecule has 3 nitrogen and oxygen atoms in total.